The first-order valence-corrected chi connectivity index (χ1v) is 7.36. The maximum atomic E-state index is 12.1. The predicted molar refractivity (Wildman–Crippen MR) is 63.7 cm³/mol. The number of aryl methyl sites for hydroxylation is 1. The third kappa shape index (κ3) is 1.97. The number of sulfone groups is 1. The summed E-state index contributed by atoms with van der Waals surface area (Å²) >= 11 is 3.37. The molecule has 1 fully saturated rings. The minimum Gasteiger partial charge on any atom is -0.223 e. The van der Waals surface area contributed by atoms with Crippen LogP contribution >= 0.6 is 15.9 Å². The first-order valence-electron chi connectivity index (χ1n) is 5.02. The van der Waals surface area contributed by atoms with Gasteiger partial charge in [0.2, 0.25) is 0 Å². The maximum absolute atomic E-state index is 12.1. The zero-order valence-electron chi connectivity index (χ0n) is 8.53. The van der Waals surface area contributed by atoms with Crippen LogP contribution in [0, 0.1) is 6.92 Å². The van der Waals surface area contributed by atoms with E-state index in [1.807, 2.05) is 6.92 Å². The lowest BCUT2D eigenvalue weighted by Gasteiger charge is -2.25. The molecule has 15 heavy (non-hydrogen) atoms. The van der Waals surface area contributed by atoms with E-state index in [0.717, 1.165) is 29.3 Å². The van der Waals surface area contributed by atoms with Crippen molar-refractivity contribution in [2.45, 2.75) is 36.3 Å². The lowest BCUT2D eigenvalue weighted by molar-refractivity contribution is 0.476. The fourth-order valence-electron chi connectivity index (χ4n) is 1.67. The van der Waals surface area contributed by atoms with Gasteiger partial charge in [-0.05, 0) is 43.5 Å². The SMILES string of the molecule is Cc1cc(S(=O)(=O)C2CCC2)ccc1Br. The summed E-state index contributed by atoms with van der Waals surface area (Å²) in [5.74, 6) is 0. The van der Waals surface area contributed by atoms with Gasteiger partial charge in [0.15, 0.2) is 9.84 Å². The number of halogens is 1. The molecule has 1 aliphatic carbocycles. The van der Waals surface area contributed by atoms with Crippen LogP contribution in [0.2, 0.25) is 0 Å². The Balaban J connectivity index is 2.40. The number of rotatable bonds is 2. The second-order valence-corrected chi connectivity index (χ2v) is 7.09. The molecule has 2 rings (SSSR count). The maximum Gasteiger partial charge on any atom is 0.181 e. The van der Waals surface area contributed by atoms with Crippen LogP contribution in [0.3, 0.4) is 0 Å². The Morgan fingerprint density at radius 3 is 2.47 bits per heavy atom. The molecule has 1 aromatic rings. The Labute approximate surface area is 98.7 Å². The molecule has 0 atom stereocenters. The van der Waals surface area contributed by atoms with Gasteiger partial charge in [-0.2, -0.15) is 0 Å². The molecule has 0 heterocycles. The highest BCUT2D eigenvalue weighted by atomic mass is 79.9. The summed E-state index contributed by atoms with van der Waals surface area (Å²) in [6, 6.07) is 5.24. The molecule has 2 nitrogen and oxygen atoms in total. The first kappa shape index (κ1) is 11.1. The molecule has 1 saturated carbocycles. The summed E-state index contributed by atoms with van der Waals surface area (Å²) in [5.41, 5.74) is 0.968. The van der Waals surface area contributed by atoms with Crippen molar-refractivity contribution < 1.29 is 8.42 Å². The van der Waals surface area contributed by atoms with Gasteiger partial charge in [-0.15, -0.1) is 0 Å². The second-order valence-electron chi connectivity index (χ2n) is 4.01. The molecule has 82 valence electrons. The largest absolute Gasteiger partial charge is 0.223 e. The zero-order chi connectivity index (χ0) is 11.1. The van der Waals surface area contributed by atoms with Crippen LogP contribution in [0.15, 0.2) is 27.6 Å². The van der Waals surface area contributed by atoms with Gasteiger partial charge in [-0.1, -0.05) is 22.4 Å². The molecule has 0 radical (unpaired) electrons. The summed E-state index contributed by atoms with van der Waals surface area (Å²) in [7, 11) is -3.06. The molecule has 0 N–H and O–H groups in total. The van der Waals surface area contributed by atoms with Gasteiger partial charge in [-0.3, -0.25) is 0 Å². The van der Waals surface area contributed by atoms with E-state index in [2.05, 4.69) is 15.9 Å². The van der Waals surface area contributed by atoms with Gasteiger partial charge < -0.3 is 0 Å². The van der Waals surface area contributed by atoms with E-state index >= 15 is 0 Å². The number of hydrogen-bond donors (Lipinski definition) is 0. The van der Waals surface area contributed by atoms with Crippen molar-refractivity contribution in [2.75, 3.05) is 0 Å². The molecule has 4 heteroatoms. The van der Waals surface area contributed by atoms with E-state index < -0.39 is 9.84 Å². The van der Waals surface area contributed by atoms with Crippen LogP contribution in [-0.2, 0) is 9.84 Å². The van der Waals surface area contributed by atoms with Crippen molar-refractivity contribution in [1.82, 2.24) is 0 Å². The summed E-state index contributed by atoms with van der Waals surface area (Å²) < 4.78 is 25.1. The van der Waals surface area contributed by atoms with E-state index in [4.69, 9.17) is 0 Å². The molecular formula is C11H13BrO2S. The van der Waals surface area contributed by atoms with Crippen LogP contribution in [0.1, 0.15) is 24.8 Å². The van der Waals surface area contributed by atoms with Crippen LogP contribution in [0.25, 0.3) is 0 Å². The van der Waals surface area contributed by atoms with Gasteiger partial charge in [0, 0.05) is 4.47 Å². The molecule has 0 unspecified atom stereocenters. The lowest BCUT2D eigenvalue weighted by atomic mass is 10.00. The zero-order valence-corrected chi connectivity index (χ0v) is 10.9. The summed E-state index contributed by atoms with van der Waals surface area (Å²) in [6.07, 6.45) is 2.67. The predicted octanol–water partition coefficient (Wildman–Crippen LogP) is 3.08. The third-order valence-electron chi connectivity index (χ3n) is 2.95. The van der Waals surface area contributed by atoms with Crippen molar-refractivity contribution in [3.8, 4) is 0 Å². The monoisotopic (exact) mass is 288 g/mol. The highest BCUT2D eigenvalue weighted by Crippen LogP contribution is 2.32. The van der Waals surface area contributed by atoms with E-state index in [1.54, 1.807) is 18.2 Å². The first-order chi connectivity index (χ1) is 7.01. The number of benzene rings is 1. The Morgan fingerprint density at radius 1 is 1.33 bits per heavy atom. The Morgan fingerprint density at radius 2 is 2.00 bits per heavy atom. The Bertz CT molecular complexity index is 475. The molecule has 1 aliphatic rings. The molecule has 0 aliphatic heterocycles. The topological polar surface area (TPSA) is 34.1 Å². The molecule has 0 bridgehead atoms. The quantitative estimate of drug-likeness (QED) is 0.838. The smallest absolute Gasteiger partial charge is 0.181 e. The molecule has 0 aromatic heterocycles. The Kier molecular flexibility index (Phi) is 2.90. The second kappa shape index (κ2) is 3.91. The van der Waals surface area contributed by atoms with Gasteiger partial charge in [0.1, 0.15) is 0 Å². The van der Waals surface area contributed by atoms with Gasteiger partial charge in [-0.25, -0.2) is 8.42 Å². The normalized spacial score (nSPS) is 17.5. The summed E-state index contributed by atoms with van der Waals surface area (Å²) in [6.45, 7) is 1.91. The highest BCUT2D eigenvalue weighted by Gasteiger charge is 2.32. The minimum absolute atomic E-state index is 0.141. The minimum atomic E-state index is -3.06. The van der Waals surface area contributed by atoms with Gasteiger partial charge >= 0.3 is 0 Å². The molecule has 0 saturated heterocycles. The average molecular weight is 289 g/mol. The molecule has 0 spiro atoms. The third-order valence-corrected chi connectivity index (χ3v) is 6.10. The van der Waals surface area contributed by atoms with E-state index in [1.165, 1.54) is 0 Å². The lowest BCUT2D eigenvalue weighted by Crippen LogP contribution is -2.28. The fourth-order valence-corrected chi connectivity index (χ4v) is 3.85. The van der Waals surface area contributed by atoms with Crippen molar-refractivity contribution in [1.29, 1.82) is 0 Å². The van der Waals surface area contributed by atoms with Crippen molar-refractivity contribution in [3.63, 3.8) is 0 Å². The summed E-state index contributed by atoms with van der Waals surface area (Å²) in [5, 5.41) is -0.141. The fraction of sp³-hybridized carbons (Fsp3) is 0.455. The average Bonchev–Trinajstić information content (AvgIpc) is 2.05. The van der Waals surface area contributed by atoms with Gasteiger partial charge in [0.05, 0.1) is 10.1 Å². The van der Waals surface area contributed by atoms with Crippen molar-refractivity contribution >= 4 is 25.8 Å². The standard InChI is InChI=1S/C11H13BrO2S/c1-8-7-10(5-6-11(8)12)15(13,14)9-3-2-4-9/h5-7,9H,2-4H2,1H3. The van der Waals surface area contributed by atoms with Crippen molar-refractivity contribution in [3.05, 3.63) is 28.2 Å². The van der Waals surface area contributed by atoms with E-state index in [9.17, 15) is 8.42 Å². The highest BCUT2D eigenvalue weighted by molar-refractivity contribution is 9.10. The molecular weight excluding hydrogens is 276 g/mol. The van der Waals surface area contributed by atoms with E-state index in [-0.39, 0.29) is 5.25 Å². The molecule has 1 aromatic carbocycles. The van der Waals surface area contributed by atoms with Crippen molar-refractivity contribution in [2.24, 2.45) is 0 Å². The van der Waals surface area contributed by atoms with Crippen LogP contribution in [-0.4, -0.2) is 13.7 Å². The van der Waals surface area contributed by atoms with Crippen LogP contribution < -0.4 is 0 Å². The Hall–Kier alpha value is -0.350. The number of hydrogen-bond acceptors (Lipinski definition) is 2. The van der Waals surface area contributed by atoms with Crippen LogP contribution in [0.4, 0.5) is 0 Å². The molecule has 0 amide bonds. The van der Waals surface area contributed by atoms with E-state index in [0.29, 0.717) is 4.90 Å². The van der Waals surface area contributed by atoms with Gasteiger partial charge in [0.25, 0.3) is 0 Å². The summed E-state index contributed by atoms with van der Waals surface area (Å²) in [4.78, 5) is 0.466. The van der Waals surface area contributed by atoms with Crippen LogP contribution in [0.5, 0.6) is 0 Å².